The number of esters is 1. The zero-order valence-electron chi connectivity index (χ0n) is 12.3. The molecule has 19 heavy (non-hydrogen) atoms. The number of imidazole rings is 1. The van der Waals surface area contributed by atoms with Gasteiger partial charge in [0.25, 0.3) is 0 Å². The summed E-state index contributed by atoms with van der Waals surface area (Å²) in [7, 11) is 0. The Morgan fingerprint density at radius 2 is 2.16 bits per heavy atom. The number of nitrogens with zero attached hydrogens (tertiary/aromatic N) is 3. The van der Waals surface area contributed by atoms with Gasteiger partial charge in [0, 0.05) is 19.3 Å². The predicted octanol–water partition coefficient (Wildman–Crippen LogP) is 2.07. The van der Waals surface area contributed by atoms with Gasteiger partial charge in [0.2, 0.25) is 0 Å². The highest BCUT2D eigenvalue weighted by Gasteiger charge is 2.13. The lowest BCUT2D eigenvalue weighted by atomic mass is 10.3. The third kappa shape index (κ3) is 5.42. The second kappa shape index (κ2) is 8.69. The van der Waals surface area contributed by atoms with Gasteiger partial charge in [0.1, 0.15) is 0 Å². The number of aryl methyl sites for hydroxylation is 1. The largest absolute Gasteiger partial charge is 0.465 e. The number of aromatic nitrogens is 2. The van der Waals surface area contributed by atoms with Crippen molar-refractivity contribution in [2.75, 3.05) is 19.7 Å². The van der Waals surface area contributed by atoms with Crippen molar-refractivity contribution in [3.05, 3.63) is 18.2 Å². The van der Waals surface area contributed by atoms with Crippen molar-refractivity contribution >= 4 is 5.97 Å². The van der Waals surface area contributed by atoms with E-state index in [-0.39, 0.29) is 5.97 Å². The second-order valence-electron chi connectivity index (χ2n) is 4.59. The van der Waals surface area contributed by atoms with Crippen molar-refractivity contribution in [2.45, 2.75) is 46.7 Å². The number of carbonyl (C=O) groups is 1. The first-order chi connectivity index (χ1) is 9.21. The van der Waals surface area contributed by atoms with Crippen LogP contribution in [0.25, 0.3) is 0 Å². The van der Waals surface area contributed by atoms with Gasteiger partial charge in [0.05, 0.1) is 25.2 Å². The fraction of sp³-hybridized carbons (Fsp3) is 0.714. The van der Waals surface area contributed by atoms with Crippen LogP contribution in [0.5, 0.6) is 0 Å². The molecule has 1 heterocycles. The van der Waals surface area contributed by atoms with E-state index in [0.717, 1.165) is 38.2 Å². The number of rotatable bonds is 9. The van der Waals surface area contributed by atoms with Crippen molar-refractivity contribution in [3.63, 3.8) is 0 Å². The summed E-state index contributed by atoms with van der Waals surface area (Å²) < 4.78 is 7.16. The van der Waals surface area contributed by atoms with Crippen LogP contribution < -0.4 is 0 Å². The molecule has 0 fully saturated rings. The number of carbonyl (C=O) groups excluding carboxylic acids is 1. The zero-order valence-corrected chi connectivity index (χ0v) is 12.3. The number of hydrogen-bond donors (Lipinski definition) is 0. The molecule has 0 N–H and O–H groups in total. The fourth-order valence-corrected chi connectivity index (χ4v) is 2.07. The summed E-state index contributed by atoms with van der Waals surface area (Å²) in [6.07, 6.45) is 5.83. The molecule has 1 aromatic rings. The maximum atomic E-state index is 11.6. The third-order valence-corrected chi connectivity index (χ3v) is 2.85. The Bertz CT molecular complexity index is 377. The lowest BCUT2D eigenvalue weighted by Gasteiger charge is -2.21. The van der Waals surface area contributed by atoms with E-state index in [1.54, 1.807) is 0 Å². The van der Waals surface area contributed by atoms with E-state index in [2.05, 4.69) is 28.3 Å². The summed E-state index contributed by atoms with van der Waals surface area (Å²) in [5.74, 6) is -0.155. The molecule has 5 heteroatoms. The quantitative estimate of drug-likeness (QED) is 0.643. The highest BCUT2D eigenvalue weighted by molar-refractivity contribution is 5.71. The third-order valence-electron chi connectivity index (χ3n) is 2.85. The van der Waals surface area contributed by atoms with E-state index >= 15 is 0 Å². The maximum absolute atomic E-state index is 11.6. The standard InChI is InChI=1S/C14H25N3O2/c1-4-7-16(11-14(18)19-6-3)10-13-9-15-12-17(13)8-5-2/h9,12H,4-8,10-11H2,1-3H3. The zero-order chi connectivity index (χ0) is 14.1. The fourth-order valence-electron chi connectivity index (χ4n) is 2.07. The van der Waals surface area contributed by atoms with Crippen LogP contribution in [0.3, 0.4) is 0 Å². The van der Waals surface area contributed by atoms with Crippen LogP contribution in [-0.4, -0.2) is 40.1 Å². The van der Waals surface area contributed by atoms with Gasteiger partial charge in [-0.2, -0.15) is 0 Å². The van der Waals surface area contributed by atoms with Crippen LogP contribution in [0.1, 0.15) is 39.3 Å². The molecule has 0 unspecified atom stereocenters. The molecule has 0 aromatic carbocycles. The Morgan fingerprint density at radius 3 is 2.79 bits per heavy atom. The Morgan fingerprint density at radius 1 is 1.37 bits per heavy atom. The van der Waals surface area contributed by atoms with Gasteiger partial charge in [0.15, 0.2) is 0 Å². The first kappa shape index (κ1) is 15.7. The normalized spacial score (nSPS) is 10.9. The molecule has 5 nitrogen and oxygen atoms in total. The van der Waals surface area contributed by atoms with E-state index in [1.807, 2.05) is 19.4 Å². The minimum atomic E-state index is -0.155. The molecule has 0 aliphatic rings. The smallest absolute Gasteiger partial charge is 0.320 e. The molecule has 0 bridgehead atoms. The number of ether oxygens (including phenoxy) is 1. The van der Waals surface area contributed by atoms with Gasteiger partial charge in [-0.3, -0.25) is 9.69 Å². The average molecular weight is 267 g/mol. The molecular formula is C14H25N3O2. The molecule has 0 radical (unpaired) electrons. The monoisotopic (exact) mass is 267 g/mol. The highest BCUT2D eigenvalue weighted by atomic mass is 16.5. The van der Waals surface area contributed by atoms with Crippen LogP contribution >= 0.6 is 0 Å². The second-order valence-corrected chi connectivity index (χ2v) is 4.59. The van der Waals surface area contributed by atoms with Crippen LogP contribution in [0.4, 0.5) is 0 Å². The summed E-state index contributed by atoms with van der Waals surface area (Å²) in [6, 6.07) is 0. The van der Waals surface area contributed by atoms with E-state index < -0.39 is 0 Å². The molecule has 0 amide bonds. The molecule has 1 aromatic heterocycles. The van der Waals surface area contributed by atoms with Gasteiger partial charge >= 0.3 is 5.97 Å². The predicted molar refractivity (Wildman–Crippen MR) is 74.7 cm³/mol. The summed E-state index contributed by atoms with van der Waals surface area (Å²) in [5, 5.41) is 0. The van der Waals surface area contributed by atoms with Gasteiger partial charge in [-0.25, -0.2) is 4.98 Å². The van der Waals surface area contributed by atoms with Crippen LogP contribution in [0, 0.1) is 0 Å². The summed E-state index contributed by atoms with van der Waals surface area (Å²) in [4.78, 5) is 17.9. The molecule has 1 rings (SSSR count). The Labute approximate surface area is 115 Å². The van der Waals surface area contributed by atoms with Crippen molar-refractivity contribution < 1.29 is 9.53 Å². The maximum Gasteiger partial charge on any atom is 0.320 e. The van der Waals surface area contributed by atoms with Crippen molar-refractivity contribution in [3.8, 4) is 0 Å². The molecule has 0 atom stereocenters. The Kier molecular flexibility index (Phi) is 7.18. The van der Waals surface area contributed by atoms with Crippen LogP contribution in [0.15, 0.2) is 12.5 Å². The van der Waals surface area contributed by atoms with Crippen LogP contribution in [-0.2, 0) is 22.6 Å². The van der Waals surface area contributed by atoms with Crippen molar-refractivity contribution in [2.24, 2.45) is 0 Å². The molecule has 108 valence electrons. The lowest BCUT2D eigenvalue weighted by molar-refractivity contribution is -0.144. The van der Waals surface area contributed by atoms with Gasteiger partial charge in [-0.15, -0.1) is 0 Å². The Balaban J connectivity index is 2.61. The van der Waals surface area contributed by atoms with E-state index in [4.69, 9.17) is 4.74 Å². The molecule has 0 aliphatic heterocycles. The molecule has 0 saturated heterocycles. The summed E-state index contributed by atoms with van der Waals surface area (Å²) in [6.45, 7) is 9.47. The van der Waals surface area contributed by atoms with Crippen molar-refractivity contribution in [1.29, 1.82) is 0 Å². The Hall–Kier alpha value is -1.36. The average Bonchev–Trinajstić information content (AvgIpc) is 2.78. The molecule has 0 saturated carbocycles. The van der Waals surface area contributed by atoms with Crippen molar-refractivity contribution in [1.82, 2.24) is 14.5 Å². The topological polar surface area (TPSA) is 47.4 Å². The SMILES string of the molecule is CCCN(CC(=O)OCC)Cc1cncn1CCC. The minimum absolute atomic E-state index is 0.155. The highest BCUT2D eigenvalue weighted by Crippen LogP contribution is 2.06. The number of hydrogen-bond acceptors (Lipinski definition) is 4. The first-order valence-electron chi connectivity index (χ1n) is 7.08. The van der Waals surface area contributed by atoms with E-state index in [1.165, 1.54) is 0 Å². The van der Waals surface area contributed by atoms with E-state index in [0.29, 0.717) is 13.2 Å². The van der Waals surface area contributed by atoms with Gasteiger partial charge in [-0.1, -0.05) is 13.8 Å². The van der Waals surface area contributed by atoms with Crippen LogP contribution in [0.2, 0.25) is 0 Å². The van der Waals surface area contributed by atoms with E-state index in [9.17, 15) is 4.79 Å². The lowest BCUT2D eigenvalue weighted by Crippen LogP contribution is -2.32. The molecular weight excluding hydrogens is 242 g/mol. The summed E-state index contributed by atoms with van der Waals surface area (Å²) >= 11 is 0. The van der Waals surface area contributed by atoms with Gasteiger partial charge in [-0.05, 0) is 26.3 Å². The molecule has 0 spiro atoms. The first-order valence-corrected chi connectivity index (χ1v) is 7.08. The molecule has 0 aliphatic carbocycles. The van der Waals surface area contributed by atoms with Gasteiger partial charge < -0.3 is 9.30 Å². The summed E-state index contributed by atoms with van der Waals surface area (Å²) in [5.41, 5.74) is 1.15. The minimum Gasteiger partial charge on any atom is -0.465 e.